The van der Waals surface area contributed by atoms with Crippen LogP contribution in [0.2, 0.25) is 5.15 Å². The summed E-state index contributed by atoms with van der Waals surface area (Å²) >= 11 is 6.40. The van der Waals surface area contributed by atoms with E-state index in [4.69, 9.17) is 11.6 Å². The number of rotatable bonds is 7. The smallest absolute Gasteiger partial charge is 0.244 e. The molecule has 0 atom stereocenters. The van der Waals surface area contributed by atoms with Gasteiger partial charge in [-0.15, -0.1) is 0 Å². The number of carbonyl (C=O) groups excluding carboxylic acids is 2. The third kappa shape index (κ3) is 5.74. The van der Waals surface area contributed by atoms with E-state index >= 15 is 0 Å². The maximum absolute atomic E-state index is 11.9. The van der Waals surface area contributed by atoms with Crippen molar-refractivity contribution in [2.24, 2.45) is 0 Å². The van der Waals surface area contributed by atoms with Crippen LogP contribution in [-0.4, -0.2) is 34.2 Å². The highest BCUT2D eigenvalue weighted by Gasteiger charge is 2.12. The van der Waals surface area contributed by atoms with Gasteiger partial charge in [0.2, 0.25) is 11.8 Å². The van der Waals surface area contributed by atoms with Crippen molar-refractivity contribution in [3.8, 4) is 0 Å². The fourth-order valence-electron chi connectivity index (χ4n) is 2.38. The van der Waals surface area contributed by atoms with E-state index in [1.165, 1.54) is 6.08 Å². The molecule has 0 saturated heterocycles. The van der Waals surface area contributed by atoms with Crippen molar-refractivity contribution in [2.75, 3.05) is 6.54 Å². The Morgan fingerprint density at radius 3 is 2.62 bits per heavy atom. The summed E-state index contributed by atoms with van der Waals surface area (Å²) in [4.78, 5) is 23.4. The van der Waals surface area contributed by atoms with E-state index in [1.807, 2.05) is 51.1 Å². The molecule has 1 aromatic carbocycles. The van der Waals surface area contributed by atoms with Crippen LogP contribution in [0.1, 0.15) is 30.7 Å². The van der Waals surface area contributed by atoms with Crippen molar-refractivity contribution in [1.82, 2.24) is 20.4 Å². The number of benzene rings is 1. The minimum absolute atomic E-state index is 0.0341. The minimum Gasteiger partial charge on any atom is -0.352 e. The topological polar surface area (TPSA) is 76.0 Å². The number of amides is 2. The number of aryl methyl sites for hydroxylation is 1. The van der Waals surface area contributed by atoms with Crippen molar-refractivity contribution in [3.05, 3.63) is 58.4 Å². The van der Waals surface area contributed by atoms with Crippen LogP contribution in [0.5, 0.6) is 0 Å². The first-order valence-electron chi connectivity index (χ1n) is 8.39. The van der Waals surface area contributed by atoms with Gasteiger partial charge >= 0.3 is 0 Å². The molecule has 0 aliphatic carbocycles. The molecule has 7 heteroatoms. The molecule has 2 rings (SSSR count). The van der Waals surface area contributed by atoms with Gasteiger partial charge in [-0.1, -0.05) is 41.9 Å². The lowest BCUT2D eigenvalue weighted by atomic mass is 10.2. The van der Waals surface area contributed by atoms with Crippen LogP contribution in [0, 0.1) is 6.92 Å². The molecular formula is C19H23ClN4O2. The first kappa shape index (κ1) is 19.7. The molecular weight excluding hydrogens is 352 g/mol. The summed E-state index contributed by atoms with van der Waals surface area (Å²) in [7, 11) is 0. The predicted molar refractivity (Wildman–Crippen MR) is 103 cm³/mol. The molecule has 0 aliphatic heterocycles. The first-order valence-corrected chi connectivity index (χ1v) is 8.76. The number of aromatic nitrogens is 2. The molecule has 0 aliphatic rings. The minimum atomic E-state index is -0.366. The molecule has 0 radical (unpaired) electrons. The molecule has 0 fully saturated rings. The number of nitrogens with zero attached hydrogens (tertiary/aromatic N) is 2. The van der Waals surface area contributed by atoms with Gasteiger partial charge < -0.3 is 10.6 Å². The summed E-state index contributed by atoms with van der Waals surface area (Å²) < 4.78 is 1.69. The normalized spacial score (nSPS) is 11.1. The van der Waals surface area contributed by atoms with Crippen molar-refractivity contribution < 1.29 is 9.59 Å². The summed E-state index contributed by atoms with van der Waals surface area (Å²) in [5, 5.41) is 10.1. The fraction of sp³-hybridized carbons (Fsp3) is 0.316. The van der Waals surface area contributed by atoms with Crippen LogP contribution in [0.4, 0.5) is 0 Å². The van der Waals surface area contributed by atoms with Crippen LogP contribution in [0.15, 0.2) is 36.4 Å². The maximum Gasteiger partial charge on any atom is 0.244 e. The van der Waals surface area contributed by atoms with E-state index in [1.54, 1.807) is 10.8 Å². The molecule has 0 saturated carbocycles. The van der Waals surface area contributed by atoms with Crippen molar-refractivity contribution in [1.29, 1.82) is 0 Å². The van der Waals surface area contributed by atoms with Gasteiger partial charge in [-0.05, 0) is 32.4 Å². The summed E-state index contributed by atoms with van der Waals surface area (Å²) in [5.74, 6) is -0.596. The summed E-state index contributed by atoms with van der Waals surface area (Å²) in [6.45, 7) is 6.04. The highest BCUT2D eigenvalue weighted by molar-refractivity contribution is 6.31. The molecule has 1 aromatic heterocycles. The quantitative estimate of drug-likeness (QED) is 0.731. The number of nitrogens with one attached hydrogen (secondary N) is 2. The predicted octanol–water partition coefficient (Wildman–Crippen LogP) is 2.55. The fourth-order valence-corrected chi connectivity index (χ4v) is 2.67. The van der Waals surface area contributed by atoms with Gasteiger partial charge in [0.05, 0.1) is 18.8 Å². The Kier molecular flexibility index (Phi) is 6.97. The second kappa shape index (κ2) is 9.20. The van der Waals surface area contributed by atoms with Gasteiger partial charge in [-0.3, -0.25) is 9.59 Å². The van der Waals surface area contributed by atoms with Crippen LogP contribution in [-0.2, 0) is 16.1 Å². The van der Waals surface area contributed by atoms with Gasteiger partial charge in [0, 0.05) is 17.7 Å². The van der Waals surface area contributed by atoms with Gasteiger partial charge in [0.1, 0.15) is 5.15 Å². The van der Waals surface area contributed by atoms with Gasteiger partial charge in [0.25, 0.3) is 0 Å². The SMILES string of the molecule is Cc1nn(Cc2ccccc2)c(Cl)c1/C=C/C(=O)NCC(=O)NC(C)C. The zero-order valence-electron chi connectivity index (χ0n) is 15.1. The molecule has 26 heavy (non-hydrogen) atoms. The van der Waals surface area contributed by atoms with E-state index in [9.17, 15) is 9.59 Å². The van der Waals surface area contributed by atoms with Crippen molar-refractivity contribution in [2.45, 2.75) is 33.4 Å². The number of hydrogen-bond acceptors (Lipinski definition) is 3. The van der Waals surface area contributed by atoms with E-state index in [0.717, 1.165) is 11.3 Å². The largest absolute Gasteiger partial charge is 0.352 e. The lowest BCUT2D eigenvalue weighted by Gasteiger charge is -2.08. The first-order chi connectivity index (χ1) is 12.4. The molecule has 0 unspecified atom stereocenters. The number of hydrogen-bond donors (Lipinski definition) is 2. The average Bonchev–Trinajstić information content (AvgIpc) is 2.85. The van der Waals surface area contributed by atoms with Crippen LogP contribution in [0.25, 0.3) is 6.08 Å². The standard InChI is InChI=1S/C19H23ClN4O2/c1-13(2)22-18(26)11-21-17(25)10-9-16-14(3)23-24(19(16)20)12-15-7-5-4-6-8-15/h4-10,13H,11-12H2,1-3H3,(H,21,25)(H,22,26)/b10-9+. The second-order valence-electron chi connectivity index (χ2n) is 6.21. The van der Waals surface area contributed by atoms with Gasteiger partial charge in [-0.2, -0.15) is 5.10 Å². The Bertz CT molecular complexity index is 797. The summed E-state index contributed by atoms with van der Waals surface area (Å²) in [6.07, 6.45) is 2.97. The molecule has 2 N–H and O–H groups in total. The van der Waals surface area contributed by atoms with Gasteiger partial charge in [-0.25, -0.2) is 4.68 Å². The molecule has 0 spiro atoms. The Labute approximate surface area is 158 Å². The third-order valence-corrected chi connectivity index (χ3v) is 3.96. The Morgan fingerprint density at radius 2 is 1.96 bits per heavy atom. The number of carbonyl (C=O) groups is 2. The van der Waals surface area contributed by atoms with Crippen LogP contribution >= 0.6 is 11.6 Å². The summed E-state index contributed by atoms with van der Waals surface area (Å²) in [5.41, 5.74) is 2.50. The molecule has 0 bridgehead atoms. The zero-order valence-corrected chi connectivity index (χ0v) is 15.9. The van der Waals surface area contributed by atoms with Crippen molar-refractivity contribution >= 4 is 29.5 Å². The Morgan fingerprint density at radius 1 is 1.27 bits per heavy atom. The van der Waals surface area contributed by atoms with E-state index in [2.05, 4.69) is 15.7 Å². The molecule has 6 nitrogen and oxygen atoms in total. The molecule has 2 amide bonds. The van der Waals surface area contributed by atoms with E-state index < -0.39 is 0 Å². The van der Waals surface area contributed by atoms with Crippen LogP contribution in [0.3, 0.4) is 0 Å². The Hall–Kier alpha value is -2.60. The molecule has 138 valence electrons. The lowest BCUT2D eigenvalue weighted by molar-refractivity contribution is -0.124. The number of halogens is 1. The highest BCUT2D eigenvalue weighted by atomic mass is 35.5. The van der Waals surface area contributed by atoms with Gasteiger partial charge in [0.15, 0.2) is 0 Å². The lowest BCUT2D eigenvalue weighted by Crippen LogP contribution is -2.39. The average molecular weight is 375 g/mol. The van der Waals surface area contributed by atoms with E-state index in [0.29, 0.717) is 17.3 Å². The Balaban J connectivity index is 1.99. The third-order valence-electron chi connectivity index (χ3n) is 3.56. The van der Waals surface area contributed by atoms with E-state index in [-0.39, 0.29) is 24.4 Å². The maximum atomic E-state index is 11.9. The summed E-state index contributed by atoms with van der Waals surface area (Å²) in [6, 6.07) is 9.90. The second-order valence-corrected chi connectivity index (χ2v) is 6.56. The molecule has 2 aromatic rings. The highest BCUT2D eigenvalue weighted by Crippen LogP contribution is 2.22. The zero-order chi connectivity index (χ0) is 19.1. The monoisotopic (exact) mass is 374 g/mol. The van der Waals surface area contributed by atoms with Crippen molar-refractivity contribution in [3.63, 3.8) is 0 Å². The van der Waals surface area contributed by atoms with Crippen LogP contribution < -0.4 is 10.6 Å². The molecule has 1 heterocycles.